The van der Waals surface area contributed by atoms with Gasteiger partial charge in [0.25, 0.3) is 0 Å². The van der Waals surface area contributed by atoms with Crippen LogP contribution < -0.4 is 11.1 Å². The molecule has 1 fully saturated rings. The predicted molar refractivity (Wildman–Crippen MR) is 146 cm³/mol. The molecule has 3 unspecified atom stereocenters. The Bertz CT molecular complexity index is 1410. The average Bonchev–Trinajstić information content (AvgIpc) is 3.57. The van der Waals surface area contributed by atoms with Gasteiger partial charge in [0, 0.05) is 13.1 Å². The Morgan fingerprint density at radius 1 is 1.29 bits per heavy atom. The normalized spacial score (nSPS) is 22.2. The van der Waals surface area contributed by atoms with Gasteiger partial charge in [0.05, 0.1) is 24.0 Å². The monoisotopic (exact) mass is 523 g/mol. The first kappa shape index (κ1) is 26.3. The van der Waals surface area contributed by atoms with E-state index in [-0.39, 0.29) is 17.8 Å². The van der Waals surface area contributed by atoms with Gasteiger partial charge in [-0.15, -0.1) is 0 Å². The van der Waals surface area contributed by atoms with Crippen molar-refractivity contribution in [3.05, 3.63) is 36.4 Å². The molecule has 38 heavy (non-hydrogen) atoms. The number of aromatic amines is 1. The zero-order valence-electron chi connectivity index (χ0n) is 22.3. The maximum atomic E-state index is 11.3. The number of aliphatic hydroxyl groups excluding tert-OH is 1. The second-order valence-corrected chi connectivity index (χ2v) is 11.0. The summed E-state index contributed by atoms with van der Waals surface area (Å²) >= 11 is 0. The van der Waals surface area contributed by atoms with Crippen LogP contribution in [-0.4, -0.2) is 89.6 Å². The molecule has 0 spiro atoms. The Morgan fingerprint density at radius 2 is 2.11 bits per heavy atom. The van der Waals surface area contributed by atoms with E-state index in [0.29, 0.717) is 17.7 Å². The van der Waals surface area contributed by atoms with Crippen molar-refractivity contribution in [3.8, 4) is 0 Å². The smallest absolute Gasteiger partial charge is 0.201 e. The molecule has 0 bridgehead atoms. The van der Waals surface area contributed by atoms with Crippen LogP contribution in [0.25, 0.3) is 22.2 Å². The number of H-pyrrole nitrogens is 1. The number of imidazole rings is 2. The van der Waals surface area contributed by atoms with Crippen molar-refractivity contribution >= 4 is 34.0 Å². The van der Waals surface area contributed by atoms with Crippen LogP contribution in [0.2, 0.25) is 0 Å². The molecule has 12 heteroatoms. The first-order chi connectivity index (χ1) is 18.1. The molecule has 0 saturated carbocycles. The van der Waals surface area contributed by atoms with Gasteiger partial charge in [0.2, 0.25) is 5.95 Å². The predicted octanol–water partition coefficient (Wildman–Crippen LogP) is 1.81. The number of benzene rings is 1. The molecule has 0 amide bonds. The van der Waals surface area contributed by atoms with E-state index in [1.165, 1.54) is 22.8 Å². The quantitative estimate of drug-likeness (QED) is 0.204. The lowest BCUT2D eigenvalue weighted by Crippen LogP contribution is -2.48. The number of nitrogen functional groups attached to an aromatic ring is 1. The summed E-state index contributed by atoms with van der Waals surface area (Å²) in [7, 11) is 0. The number of hydrogen-bond acceptors (Lipinski definition) is 10. The second kappa shape index (κ2) is 10.1. The maximum Gasteiger partial charge on any atom is 0.201 e. The molecule has 3 aromatic heterocycles. The maximum absolute atomic E-state index is 11.3. The number of nitrogens with zero attached hydrogens (tertiary/aromatic N) is 6. The zero-order valence-corrected chi connectivity index (χ0v) is 22.3. The van der Waals surface area contributed by atoms with Crippen LogP contribution in [0.5, 0.6) is 0 Å². The number of ether oxygens (including phenoxy) is 1. The third-order valence-electron chi connectivity index (χ3n) is 7.29. The number of rotatable bonds is 9. The number of aromatic nitrogens is 6. The lowest BCUT2D eigenvalue weighted by Gasteiger charge is -2.30. The Kier molecular flexibility index (Phi) is 6.99. The highest BCUT2D eigenvalue weighted by Crippen LogP contribution is 2.33. The lowest BCUT2D eigenvalue weighted by atomic mass is 9.87. The van der Waals surface area contributed by atoms with Gasteiger partial charge in [-0.3, -0.25) is 4.57 Å². The lowest BCUT2D eigenvalue weighted by molar-refractivity contribution is -0.109. The van der Waals surface area contributed by atoms with E-state index in [9.17, 15) is 10.2 Å². The van der Waals surface area contributed by atoms with Crippen molar-refractivity contribution in [3.63, 3.8) is 0 Å². The Morgan fingerprint density at radius 3 is 2.87 bits per heavy atom. The number of nitrogens with one attached hydrogen (secondary N) is 2. The fourth-order valence-corrected chi connectivity index (χ4v) is 4.91. The van der Waals surface area contributed by atoms with Gasteiger partial charge >= 0.3 is 0 Å². The number of fused-ring (bicyclic) bond motifs is 2. The third kappa shape index (κ3) is 4.92. The highest BCUT2D eigenvalue weighted by molar-refractivity contribution is 5.81. The minimum absolute atomic E-state index is 0.0811. The Hall–Kier alpha value is -3.32. The van der Waals surface area contributed by atoms with Crippen LogP contribution in [0, 0.1) is 0 Å². The second-order valence-electron chi connectivity index (χ2n) is 11.0. The molecule has 1 aromatic carbocycles. The molecule has 204 valence electrons. The van der Waals surface area contributed by atoms with Gasteiger partial charge in [-0.25, -0.2) is 19.9 Å². The molecule has 1 aliphatic rings. The van der Waals surface area contributed by atoms with E-state index in [4.69, 9.17) is 10.5 Å². The molecule has 4 heterocycles. The third-order valence-corrected chi connectivity index (χ3v) is 7.29. The highest BCUT2D eigenvalue weighted by Gasteiger charge is 2.50. The van der Waals surface area contributed by atoms with E-state index < -0.39 is 17.9 Å². The molecule has 0 aliphatic carbocycles. The first-order valence-corrected chi connectivity index (χ1v) is 13.0. The van der Waals surface area contributed by atoms with Gasteiger partial charge < -0.3 is 35.9 Å². The van der Waals surface area contributed by atoms with Crippen LogP contribution in [0.4, 0.5) is 11.8 Å². The number of aliphatic hydroxyl groups is 2. The molecule has 4 aromatic rings. The van der Waals surface area contributed by atoms with Crippen molar-refractivity contribution in [2.24, 2.45) is 0 Å². The molecule has 5 rings (SSSR count). The molecule has 6 N–H and O–H groups in total. The summed E-state index contributed by atoms with van der Waals surface area (Å²) in [5.41, 5.74) is 8.21. The number of anilines is 2. The minimum atomic E-state index is -1.70. The van der Waals surface area contributed by atoms with E-state index in [1.807, 2.05) is 0 Å². The van der Waals surface area contributed by atoms with Crippen LogP contribution >= 0.6 is 0 Å². The first-order valence-electron chi connectivity index (χ1n) is 13.0. The van der Waals surface area contributed by atoms with Crippen LogP contribution in [0.1, 0.15) is 39.7 Å². The van der Waals surface area contributed by atoms with Gasteiger partial charge in [-0.2, -0.15) is 0 Å². The number of hydrogen-bond donors (Lipinski definition) is 5. The fraction of sp³-hybridized carbons (Fsp3) is 0.538. The van der Waals surface area contributed by atoms with Crippen molar-refractivity contribution in [2.45, 2.75) is 57.5 Å². The summed E-state index contributed by atoms with van der Waals surface area (Å²) in [4.78, 5) is 22.5. The van der Waals surface area contributed by atoms with E-state index in [2.05, 4.69) is 81.0 Å². The van der Waals surface area contributed by atoms with Gasteiger partial charge in [-0.05, 0) is 42.6 Å². The van der Waals surface area contributed by atoms with Crippen molar-refractivity contribution in [1.29, 1.82) is 0 Å². The van der Waals surface area contributed by atoms with E-state index >= 15 is 0 Å². The summed E-state index contributed by atoms with van der Waals surface area (Å²) in [6.45, 7) is 11.4. The summed E-state index contributed by atoms with van der Waals surface area (Å²) in [6, 6.07) is 6.35. The standard InChI is InChI=1S/C26H37N9O3/c1-5-34(10-6-9-28-24-32-17-8-7-16(25(2,3)4)11-18(17)33-24)12-19-21(36)26(37,13-38-19)35-15-31-20-22(27)29-14-30-23(20)35/h7-8,11,14-15,19,21,36-37H,5-6,9-10,12-13H2,1-4H3,(H2,27,29,30)(H2,28,32,33). The molecule has 12 nitrogen and oxygen atoms in total. The largest absolute Gasteiger partial charge is 0.385 e. The van der Waals surface area contributed by atoms with Crippen molar-refractivity contribution < 1.29 is 14.9 Å². The molecule has 1 aliphatic heterocycles. The van der Waals surface area contributed by atoms with Crippen LogP contribution in [-0.2, 0) is 15.9 Å². The van der Waals surface area contributed by atoms with Gasteiger partial charge in [-0.1, -0.05) is 33.8 Å². The average molecular weight is 524 g/mol. The van der Waals surface area contributed by atoms with E-state index in [0.717, 1.165) is 43.0 Å². The molecule has 1 saturated heterocycles. The summed E-state index contributed by atoms with van der Waals surface area (Å²) in [6.07, 6.45) is 1.85. The SMILES string of the molecule is CCN(CCCNc1nc2ccc(C(C)(C)C)cc2[nH]1)CC1OCC(O)(n2cnc3c(N)ncnc32)C1O. The number of likely N-dealkylation sites (N-methyl/N-ethyl adjacent to an activating group) is 1. The van der Waals surface area contributed by atoms with E-state index in [1.54, 1.807) is 0 Å². The van der Waals surface area contributed by atoms with Crippen molar-refractivity contribution in [2.75, 3.05) is 43.8 Å². The number of nitrogens with two attached hydrogens (primary N) is 1. The summed E-state index contributed by atoms with van der Waals surface area (Å²) in [5, 5.41) is 25.8. The molecule has 0 radical (unpaired) electrons. The zero-order chi connectivity index (χ0) is 27.1. The van der Waals surface area contributed by atoms with Crippen LogP contribution in [0.3, 0.4) is 0 Å². The van der Waals surface area contributed by atoms with Crippen LogP contribution in [0.15, 0.2) is 30.9 Å². The summed E-state index contributed by atoms with van der Waals surface area (Å²) in [5.74, 6) is 0.969. The minimum Gasteiger partial charge on any atom is -0.385 e. The fourth-order valence-electron chi connectivity index (χ4n) is 4.91. The Labute approximate surface area is 221 Å². The highest BCUT2D eigenvalue weighted by atomic mass is 16.5. The summed E-state index contributed by atoms with van der Waals surface area (Å²) < 4.78 is 7.28. The van der Waals surface area contributed by atoms with Crippen molar-refractivity contribution in [1.82, 2.24) is 34.4 Å². The molecular weight excluding hydrogens is 486 g/mol. The topological polar surface area (TPSA) is 163 Å². The Balaban J connectivity index is 1.16. The van der Waals surface area contributed by atoms with Gasteiger partial charge in [0.15, 0.2) is 17.2 Å². The molecular formula is C26H37N9O3. The van der Waals surface area contributed by atoms with Gasteiger partial charge in [0.1, 0.15) is 24.1 Å². The molecule has 3 atom stereocenters.